The van der Waals surface area contributed by atoms with E-state index < -0.39 is 5.97 Å². The van der Waals surface area contributed by atoms with Crippen molar-refractivity contribution in [1.29, 1.82) is 0 Å². The predicted octanol–water partition coefficient (Wildman–Crippen LogP) is -3.90. The molecule has 1 rings (SSSR count). The molecule has 1 heterocycles. The van der Waals surface area contributed by atoms with Gasteiger partial charge in [-0.15, -0.1) is 0 Å². The Morgan fingerprint density at radius 1 is 1.73 bits per heavy atom. The van der Waals surface area contributed by atoms with Gasteiger partial charge in [0, 0.05) is 18.9 Å². The van der Waals surface area contributed by atoms with Crippen molar-refractivity contribution in [3.05, 3.63) is 17.7 Å². The summed E-state index contributed by atoms with van der Waals surface area (Å²) >= 11 is 0. The molecule has 0 N–H and O–H groups in total. The van der Waals surface area contributed by atoms with Gasteiger partial charge in [-0.1, -0.05) is 0 Å². The maximum atomic E-state index is 10.2. The van der Waals surface area contributed by atoms with Gasteiger partial charge in [-0.05, 0) is 6.92 Å². The zero-order valence-corrected chi connectivity index (χ0v) is 6.79. The first kappa shape index (κ1) is 10.3. The number of imidazole rings is 1. The first-order chi connectivity index (χ1) is 4.63. The van der Waals surface area contributed by atoms with Crippen molar-refractivity contribution in [1.82, 2.24) is 9.55 Å². The van der Waals surface area contributed by atoms with Crippen LogP contribution in [0, 0.1) is 6.92 Å². The van der Waals surface area contributed by atoms with E-state index in [2.05, 4.69) is 4.98 Å². The average Bonchev–Trinajstić information content (AvgIpc) is 2.14. The SMILES string of the molecule is Cc1cnc(C(=O)[O-])n1C.[Li+]. The molecule has 0 bridgehead atoms. The molecule has 0 spiro atoms. The van der Waals surface area contributed by atoms with Gasteiger partial charge in [-0.2, -0.15) is 0 Å². The number of aromatic nitrogens is 2. The summed E-state index contributed by atoms with van der Waals surface area (Å²) < 4.78 is 1.47. The molecule has 0 radical (unpaired) electrons. The second-order valence-electron chi connectivity index (χ2n) is 2.07. The van der Waals surface area contributed by atoms with Gasteiger partial charge >= 0.3 is 18.9 Å². The van der Waals surface area contributed by atoms with Gasteiger partial charge in [-0.25, -0.2) is 4.98 Å². The molecule has 0 saturated heterocycles. The van der Waals surface area contributed by atoms with Gasteiger partial charge in [0.2, 0.25) is 0 Å². The fourth-order valence-electron chi connectivity index (χ4n) is 0.684. The predicted molar refractivity (Wildman–Crippen MR) is 32.3 cm³/mol. The number of carbonyl (C=O) groups excluding carboxylic acids is 1. The van der Waals surface area contributed by atoms with Crippen LogP contribution in [0.15, 0.2) is 6.20 Å². The van der Waals surface area contributed by atoms with Crippen LogP contribution in [0.1, 0.15) is 16.3 Å². The summed E-state index contributed by atoms with van der Waals surface area (Å²) in [5, 5.41) is 10.2. The molecule has 0 aliphatic heterocycles. The molecule has 1 aromatic heterocycles. The maximum absolute atomic E-state index is 10.2. The Bertz CT molecular complexity index is 270. The number of hydrogen-bond donors (Lipinski definition) is 0. The van der Waals surface area contributed by atoms with Crippen LogP contribution >= 0.6 is 0 Å². The molecular formula is C6H7LiN2O2. The van der Waals surface area contributed by atoms with E-state index in [1.54, 1.807) is 14.0 Å². The summed E-state index contributed by atoms with van der Waals surface area (Å²) in [6, 6.07) is 0. The Morgan fingerprint density at radius 2 is 2.27 bits per heavy atom. The first-order valence-corrected chi connectivity index (χ1v) is 2.82. The average molecular weight is 146 g/mol. The van der Waals surface area contributed by atoms with Crippen LogP contribution < -0.4 is 24.0 Å². The third kappa shape index (κ3) is 1.85. The van der Waals surface area contributed by atoms with Crippen molar-refractivity contribution >= 4 is 5.97 Å². The fourth-order valence-corrected chi connectivity index (χ4v) is 0.684. The molecule has 0 unspecified atom stereocenters. The van der Waals surface area contributed by atoms with Gasteiger partial charge in [-0.3, -0.25) is 0 Å². The van der Waals surface area contributed by atoms with Crippen molar-refractivity contribution in [2.24, 2.45) is 7.05 Å². The standard InChI is InChI=1S/C6H8N2O2.Li/c1-4-3-7-5(6(9)10)8(4)2;/h3H,1-2H3,(H,9,10);/q;+1/p-1. The van der Waals surface area contributed by atoms with E-state index in [0.717, 1.165) is 5.69 Å². The monoisotopic (exact) mass is 146 g/mol. The molecular weight excluding hydrogens is 139 g/mol. The van der Waals surface area contributed by atoms with Crippen LogP contribution in [0.4, 0.5) is 0 Å². The third-order valence-corrected chi connectivity index (χ3v) is 1.40. The molecule has 0 fully saturated rings. The van der Waals surface area contributed by atoms with Crippen molar-refractivity contribution in [2.75, 3.05) is 0 Å². The smallest absolute Gasteiger partial charge is 0.542 e. The van der Waals surface area contributed by atoms with Crippen LogP contribution in [0.25, 0.3) is 0 Å². The number of nitrogens with zero attached hydrogens (tertiary/aromatic N) is 2. The van der Waals surface area contributed by atoms with Crippen LogP contribution in [0.3, 0.4) is 0 Å². The van der Waals surface area contributed by atoms with E-state index in [1.807, 2.05) is 0 Å². The Hall–Kier alpha value is -0.723. The summed E-state index contributed by atoms with van der Waals surface area (Å²) in [4.78, 5) is 13.9. The number of aromatic carboxylic acids is 1. The summed E-state index contributed by atoms with van der Waals surface area (Å²) in [5.74, 6) is -1.27. The van der Waals surface area contributed by atoms with Gasteiger partial charge in [0.15, 0.2) is 5.82 Å². The summed E-state index contributed by atoms with van der Waals surface area (Å²) in [6.07, 6.45) is 1.49. The Kier molecular flexibility index (Phi) is 3.37. The minimum atomic E-state index is -1.24. The van der Waals surface area contributed by atoms with E-state index in [9.17, 15) is 9.90 Å². The molecule has 5 heteroatoms. The minimum Gasteiger partial charge on any atom is -0.542 e. The number of carboxylic acid groups (broad SMARTS) is 1. The minimum absolute atomic E-state index is 0. The molecule has 0 aliphatic rings. The summed E-state index contributed by atoms with van der Waals surface area (Å²) in [7, 11) is 1.63. The molecule has 11 heavy (non-hydrogen) atoms. The molecule has 54 valence electrons. The van der Waals surface area contributed by atoms with Crippen LogP contribution in [0.5, 0.6) is 0 Å². The van der Waals surface area contributed by atoms with Gasteiger partial charge < -0.3 is 14.5 Å². The summed E-state index contributed by atoms with van der Waals surface area (Å²) in [5.41, 5.74) is 0.805. The van der Waals surface area contributed by atoms with Crippen molar-refractivity contribution < 1.29 is 28.8 Å². The van der Waals surface area contributed by atoms with Crippen molar-refractivity contribution in [3.8, 4) is 0 Å². The molecule has 1 aromatic rings. The second-order valence-corrected chi connectivity index (χ2v) is 2.07. The first-order valence-electron chi connectivity index (χ1n) is 2.82. The molecule has 0 aliphatic carbocycles. The van der Waals surface area contributed by atoms with Crippen LogP contribution in [-0.4, -0.2) is 15.5 Å². The van der Waals surface area contributed by atoms with Gasteiger partial charge in [0.25, 0.3) is 0 Å². The second kappa shape index (κ2) is 3.61. The van der Waals surface area contributed by atoms with E-state index in [4.69, 9.17) is 0 Å². The number of aryl methyl sites for hydroxylation is 1. The van der Waals surface area contributed by atoms with E-state index in [0.29, 0.717) is 0 Å². The largest absolute Gasteiger partial charge is 1.00 e. The number of hydrogen-bond acceptors (Lipinski definition) is 3. The van der Waals surface area contributed by atoms with E-state index in [1.165, 1.54) is 10.8 Å². The number of carbonyl (C=O) groups is 1. The molecule has 0 atom stereocenters. The molecule has 0 saturated carbocycles. The molecule has 0 amide bonds. The van der Waals surface area contributed by atoms with Crippen LogP contribution in [-0.2, 0) is 7.05 Å². The van der Waals surface area contributed by atoms with Crippen molar-refractivity contribution in [3.63, 3.8) is 0 Å². The zero-order chi connectivity index (χ0) is 7.72. The number of carboxylic acids is 1. The van der Waals surface area contributed by atoms with E-state index in [-0.39, 0.29) is 24.7 Å². The van der Waals surface area contributed by atoms with Gasteiger partial charge in [0.1, 0.15) is 5.97 Å². The quantitative estimate of drug-likeness (QED) is 0.380. The van der Waals surface area contributed by atoms with Gasteiger partial charge in [0.05, 0.1) is 0 Å². The normalized spacial score (nSPS) is 8.91. The number of rotatable bonds is 1. The third-order valence-electron chi connectivity index (χ3n) is 1.40. The maximum Gasteiger partial charge on any atom is 1.00 e. The zero-order valence-electron chi connectivity index (χ0n) is 6.79. The Morgan fingerprint density at radius 3 is 2.45 bits per heavy atom. The molecule has 4 nitrogen and oxygen atoms in total. The molecule has 0 aromatic carbocycles. The van der Waals surface area contributed by atoms with Crippen LogP contribution in [0.2, 0.25) is 0 Å². The Balaban J connectivity index is 0.000001000. The topological polar surface area (TPSA) is 57.9 Å². The van der Waals surface area contributed by atoms with E-state index >= 15 is 0 Å². The fraction of sp³-hybridized carbons (Fsp3) is 0.333. The Labute approximate surface area is 76.4 Å². The summed E-state index contributed by atoms with van der Waals surface area (Å²) in [6.45, 7) is 1.78. The van der Waals surface area contributed by atoms with Crippen molar-refractivity contribution in [2.45, 2.75) is 6.92 Å².